The summed E-state index contributed by atoms with van der Waals surface area (Å²) in [6.45, 7) is 2.48. The monoisotopic (exact) mass is 255 g/mol. The fraction of sp³-hybridized carbons (Fsp3) is 0.200. The van der Waals surface area contributed by atoms with Gasteiger partial charge >= 0.3 is 0 Å². The van der Waals surface area contributed by atoms with Gasteiger partial charge in [-0.3, -0.25) is 9.78 Å². The van der Waals surface area contributed by atoms with E-state index in [0.717, 1.165) is 17.5 Å². The van der Waals surface area contributed by atoms with Crippen LogP contribution in [0.15, 0.2) is 42.7 Å². The van der Waals surface area contributed by atoms with Gasteiger partial charge in [0.25, 0.3) is 5.91 Å². The molecule has 0 spiro atoms. The normalized spacial score (nSPS) is 10.2. The summed E-state index contributed by atoms with van der Waals surface area (Å²) in [5.41, 5.74) is 8.96. The Bertz CT molecular complexity index is 567. The van der Waals surface area contributed by atoms with Crippen molar-refractivity contribution in [1.82, 2.24) is 10.3 Å². The molecule has 0 aliphatic rings. The van der Waals surface area contributed by atoms with Crippen LogP contribution >= 0.6 is 0 Å². The van der Waals surface area contributed by atoms with Crippen LogP contribution in [0.5, 0.6) is 0 Å². The minimum Gasteiger partial charge on any atom is -0.399 e. The molecule has 4 nitrogen and oxygen atoms in total. The third kappa shape index (κ3) is 3.55. The largest absolute Gasteiger partial charge is 0.399 e. The molecule has 0 bridgehead atoms. The van der Waals surface area contributed by atoms with Gasteiger partial charge in [-0.1, -0.05) is 12.1 Å². The van der Waals surface area contributed by atoms with Crippen molar-refractivity contribution in [2.75, 3.05) is 12.3 Å². The third-order valence-corrected chi connectivity index (χ3v) is 2.93. The van der Waals surface area contributed by atoms with Crippen LogP contribution in [0.2, 0.25) is 0 Å². The van der Waals surface area contributed by atoms with E-state index in [2.05, 4.69) is 10.3 Å². The van der Waals surface area contributed by atoms with E-state index < -0.39 is 0 Å². The Morgan fingerprint density at radius 1 is 1.37 bits per heavy atom. The average molecular weight is 255 g/mol. The van der Waals surface area contributed by atoms with Gasteiger partial charge in [0.05, 0.1) is 0 Å². The van der Waals surface area contributed by atoms with Gasteiger partial charge < -0.3 is 11.1 Å². The molecule has 1 heterocycles. The van der Waals surface area contributed by atoms with Gasteiger partial charge in [0.1, 0.15) is 0 Å². The molecule has 1 aromatic carbocycles. The van der Waals surface area contributed by atoms with Crippen molar-refractivity contribution in [1.29, 1.82) is 0 Å². The Labute approximate surface area is 112 Å². The second-order valence-corrected chi connectivity index (χ2v) is 4.44. The number of nitrogens with one attached hydrogen (secondary N) is 1. The zero-order valence-electron chi connectivity index (χ0n) is 10.9. The van der Waals surface area contributed by atoms with Crippen LogP contribution in [0.25, 0.3) is 0 Å². The molecule has 4 heteroatoms. The van der Waals surface area contributed by atoms with Crippen LogP contribution in [0.1, 0.15) is 21.5 Å². The molecule has 0 aliphatic carbocycles. The van der Waals surface area contributed by atoms with Crippen LogP contribution in [0.3, 0.4) is 0 Å². The van der Waals surface area contributed by atoms with Crippen LogP contribution < -0.4 is 11.1 Å². The van der Waals surface area contributed by atoms with E-state index in [1.54, 1.807) is 24.5 Å². The quantitative estimate of drug-likeness (QED) is 0.820. The molecule has 0 saturated carbocycles. The molecule has 0 atom stereocenters. The number of aromatic nitrogens is 1. The molecular weight excluding hydrogens is 238 g/mol. The molecule has 0 fully saturated rings. The summed E-state index contributed by atoms with van der Waals surface area (Å²) in [6, 6.07) is 9.23. The van der Waals surface area contributed by atoms with E-state index >= 15 is 0 Å². The molecule has 0 unspecified atom stereocenters. The van der Waals surface area contributed by atoms with Gasteiger partial charge in [-0.2, -0.15) is 0 Å². The second kappa shape index (κ2) is 6.00. The number of benzene rings is 1. The Kier molecular flexibility index (Phi) is 4.13. The van der Waals surface area contributed by atoms with Gasteiger partial charge in [-0.25, -0.2) is 0 Å². The smallest absolute Gasteiger partial charge is 0.251 e. The van der Waals surface area contributed by atoms with Crippen molar-refractivity contribution in [3.8, 4) is 0 Å². The number of amides is 1. The highest BCUT2D eigenvalue weighted by molar-refractivity contribution is 5.96. The highest BCUT2D eigenvalue weighted by atomic mass is 16.1. The fourth-order valence-corrected chi connectivity index (χ4v) is 1.85. The Hall–Kier alpha value is -2.36. The summed E-state index contributed by atoms with van der Waals surface area (Å²) in [5.74, 6) is -0.0892. The zero-order valence-corrected chi connectivity index (χ0v) is 10.9. The van der Waals surface area contributed by atoms with Crippen LogP contribution in [0.4, 0.5) is 5.69 Å². The standard InChI is InChI=1S/C15H17N3O/c1-11-4-5-13(16)9-14(11)15(19)18-8-6-12-3-2-7-17-10-12/h2-5,7,9-10H,6,8,16H2,1H3,(H,18,19). The zero-order chi connectivity index (χ0) is 13.7. The van der Waals surface area contributed by atoms with Crippen molar-refractivity contribution >= 4 is 11.6 Å². The summed E-state index contributed by atoms with van der Waals surface area (Å²) >= 11 is 0. The molecule has 0 saturated heterocycles. The van der Waals surface area contributed by atoms with Gasteiger partial charge in [-0.05, 0) is 42.7 Å². The predicted molar refractivity (Wildman–Crippen MR) is 75.9 cm³/mol. The number of nitrogens with two attached hydrogens (primary N) is 1. The van der Waals surface area contributed by atoms with Crippen LogP contribution in [-0.2, 0) is 6.42 Å². The summed E-state index contributed by atoms with van der Waals surface area (Å²) in [6.07, 6.45) is 4.30. The van der Waals surface area contributed by atoms with E-state index in [1.165, 1.54) is 0 Å². The molecule has 19 heavy (non-hydrogen) atoms. The van der Waals surface area contributed by atoms with Gasteiger partial charge in [-0.15, -0.1) is 0 Å². The number of aryl methyl sites for hydroxylation is 1. The van der Waals surface area contributed by atoms with E-state index in [9.17, 15) is 4.79 Å². The first-order valence-corrected chi connectivity index (χ1v) is 6.20. The lowest BCUT2D eigenvalue weighted by molar-refractivity contribution is 0.0953. The summed E-state index contributed by atoms with van der Waals surface area (Å²) < 4.78 is 0. The maximum Gasteiger partial charge on any atom is 0.251 e. The number of pyridine rings is 1. The number of carbonyl (C=O) groups excluding carboxylic acids is 1. The third-order valence-electron chi connectivity index (χ3n) is 2.93. The number of carbonyl (C=O) groups is 1. The number of rotatable bonds is 4. The maximum absolute atomic E-state index is 12.0. The second-order valence-electron chi connectivity index (χ2n) is 4.44. The summed E-state index contributed by atoms with van der Waals surface area (Å²) in [5, 5.41) is 2.89. The Morgan fingerprint density at radius 3 is 2.95 bits per heavy atom. The number of nitrogen functional groups attached to an aromatic ring is 1. The maximum atomic E-state index is 12.0. The molecule has 1 aromatic heterocycles. The SMILES string of the molecule is Cc1ccc(N)cc1C(=O)NCCc1cccnc1. The fourth-order valence-electron chi connectivity index (χ4n) is 1.85. The topological polar surface area (TPSA) is 68.0 Å². The van der Waals surface area contributed by atoms with Gasteiger partial charge in [0.2, 0.25) is 0 Å². The minimum absolute atomic E-state index is 0.0892. The number of nitrogens with zero attached hydrogens (tertiary/aromatic N) is 1. The van der Waals surface area contributed by atoms with Crippen molar-refractivity contribution in [2.45, 2.75) is 13.3 Å². The van der Waals surface area contributed by atoms with E-state index in [-0.39, 0.29) is 5.91 Å². The van der Waals surface area contributed by atoms with Crippen molar-refractivity contribution in [2.24, 2.45) is 0 Å². The highest BCUT2D eigenvalue weighted by Crippen LogP contribution is 2.12. The Balaban J connectivity index is 1.93. The average Bonchev–Trinajstić information content (AvgIpc) is 2.42. The Morgan fingerprint density at radius 2 is 2.21 bits per heavy atom. The molecule has 2 aromatic rings. The van der Waals surface area contributed by atoms with Crippen LogP contribution in [0, 0.1) is 6.92 Å². The molecule has 98 valence electrons. The lowest BCUT2D eigenvalue weighted by Crippen LogP contribution is -2.26. The van der Waals surface area contributed by atoms with Crippen molar-refractivity contribution in [3.63, 3.8) is 0 Å². The molecule has 0 aliphatic heterocycles. The van der Waals surface area contributed by atoms with E-state index in [4.69, 9.17) is 5.73 Å². The van der Waals surface area contributed by atoms with E-state index in [1.807, 2.05) is 25.1 Å². The first-order chi connectivity index (χ1) is 9.16. The first-order valence-electron chi connectivity index (χ1n) is 6.20. The predicted octanol–water partition coefficient (Wildman–Crippen LogP) is 1.94. The lowest BCUT2D eigenvalue weighted by Gasteiger charge is -2.08. The number of hydrogen-bond donors (Lipinski definition) is 2. The molecule has 0 radical (unpaired) electrons. The lowest BCUT2D eigenvalue weighted by atomic mass is 10.1. The number of anilines is 1. The number of hydrogen-bond acceptors (Lipinski definition) is 3. The van der Waals surface area contributed by atoms with E-state index in [0.29, 0.717) is 17.8 Å². The summed E-state index contributed by atoms with van der Waals surface area (Å²) in [4.78, 5) is 16.1. The van der Waals surface area contributed by atoms with Crippen LogP contribution in [-0.4, -0.2) is 17.4 Å². The van der Waals surface area contributed by atoms with Gasteiger partial charge in [0.15, 0.2) is 0 Å². The minimum atomic E-state index is -0.0892. The molecule has 2 rings (SSSR count). The molecule has 3 N–H and O–H groups in total. The molecule has 1 amide bonds. The van der Waals surface area contributed by atoms with Crippen molar-refractivity contribution < 1.29 is 4.79 Å². The first kappa shape index (κ1) is 13.1. The molecular formula is C15H17N3O. The summed E-state index contributed by atoms with van der Waals surface area (Å²) in [7, 11) is 0. The van der Waals surface area contributed by atoms with Gasteiger partial charge in [0, 0.05) is 30.2 Å². The van der Waals surface area contributed by atoms with Crippen molar-refractivity contribution in [3.05, 3.63) is 59.4 Å². The highest BCUT2D eigenvalue weighted by Gasteiger charge is 2.08.